The van der Waals surface area contributed by atoms with Crippen LogP contribution in [0.25, 0.3) is 0 Å². The fourth-order valence-electron chi connectivity index (χ4n) is 4.67. The first-order valence-electron chi connectivity index (χ1n) is 10.4. The largest absolute Gasteiger partial charge is 0.484 e. The Morgan fingerprint density at radius 3 is 2.39 bits per heavy atom. The Morgan fingerprint density at radius 2 is 1.84 bits per heavy atom. The molecule has 1 aromatic carbocycles. The van der Waals surface area contributed by atoms with Gasteiger partial charge in [0.2, 0.25) is 0 Å². The Hall–Kier alpha value is -2.06. The zero-order chi connectivity index (χ0) is 23.1. The third-order valence-corrected chi connectivity index (χ3v) is 6.49. The Morgan fingerprint density at radius 1 is 1.19 bits per heavy atom. The van der Waals surface area contributed by atoms with E-state index >= 15 is 0 Å². The van der Waals surface area contributed by atoms with Crippen LogP contribution in [0.2, 0.25) is 5.02 Å². The van der Waals surface area contributed by atoms with Gasteiger partial charge in [-0.3, -0.25) is 4.79 Å². The lowest BCUT2D eigenvalue weighted by Gasteiger charge is -2.60. The summed E-state index contributed by atoms with van der Waals surface area (Å²) in [4.78, 5) is 24.9. The fourth-order valence-corrected chi connectivity index (χ4v) is 4.79. The van der Waals surface area contributed by atoms with Gasteiger partial charge in [0.1, 0.15) is 17.2 Å². The molecule has 3 saturated carbocycles. The van der Waals surface area contributed by atoms with Gasteiger partial charge in [0.15, 0.2) is 6.61 Å². The summed E-state index contributed by atoms with van der Waals surface area (Å²) >= 11 is 5.65. The van der Waals surface area contributed by atoms with E-state index in [4.69, 9.17) is 21.1 Å². The molecule has 0 saturated heterocycles. The zero-order valence-electron chi connectivity index (χ0n) is 18.3. The van der Waals surface area contributed by atoms with E-state index in [1.54, 1.807) is 27.7 Å². The van der Waals surface area contributed by atoms with Gasteiger partial charge in [-0.05, 0) is 65.5 Å². The zero-order valence-corrected chi connectivity index (χ0v) is 19.1. The highest BCUT2D eigenvalue weighted by molar-refractivity contribution is 6.30. The van der Waals surface area contributed by atoms with E-state index in [0.29, 0.717) is 25.7 Å². The van der Waals surface area contributed by atoms with Crippen molar-refractivity contribution >= 4 is 23.6 Å². The maximum atomic E-state index is 13.5. The van der Waals surface area contributed by atoms with Gasteiger partial charge >= 0.3 is 6.09 Å². The van der Waals surface area contributed by atoms with E-state index in [-0.39, 0.29) is 29.7 Å². The highest BCUT2D eigenvalue weighted by Crippen LogP contribution is 2.52. The minimum atomic E-state index is -1.23. The van der Waals surface area contributed by atoms with Gasteiger partial charge in [-0.1, -0.05) is 11.6 Å². The molecule has 172 valence electrons. The number of ether oxygens (including phenoxy) is 2. The van der Waals surface area contributed by atoms with E-state index < -0.39 is 34.2 Å². The van der Waals surface area contributed by atoms with Crippen LogP contribution < -0.4 is 15.4 Å². The number of fused-ring (bicyclic) bond motifs is 3. The van der Waals surface area contributed by atoms with E-state index in [2.05, 4.69) is 10.6 Å². The summed E-state index contributed by atoms with van der Waals surface area (Å²) in [5.41, 5.74) is -3.26. The van der Waals surface area contributed by atoms with Crippen LogP contribution in [0.4, 0.5) is 9.18 Å². The molecular weight excluding hydrogens is 427 g/mol. The Bertz CT molecular complexity index is 860. The van der Waals surface area contributed by atoms with Crippen molar-refractivity contribution < 1.29 is 28.6 Å². The Kier molecular flexibility index (Phi) is 6.19. The average molecular weight is 457 g/mol. The number of nitrogens with one attached hydrogen (secondary N) is 2. The normalized spacial score (nSPS) is 29.9. The molecule has 3 fully saturated rings. The van der Waals surface area contributed by atoms with Crippen LogP contribution in [-0.4, -0.2) is 46.0 Å². The molecule has 3 aliphatic rings. The number of amides is 2. The molecule has 0 radical (unpaired) electrons. The number of benzene rings is 1. The number of alkyl carbamates (subject to hydrolysis) is 1. The quantitative estimate of drug-likeness (QED) is 0.627. The maximum Gasteiger partial charge on any atom is 0.408 e. The van der Waals surface area contributed by atoms with Crippen LogP contribution >= 0.6 is 11.6 Å². The van der Waals surface area contributed by atoms with Crippen molar-refractivity contribution in [2.75, 3.05) is 6.61 Å². The van der Waals surface area contributed by atoms with Gasteiger partial charge in [0.25, 0.3) is 5.91 Å². The standard InChI is InChI=1S/C22H30ClFN2O5/c1-19(2,3)31-18(28)26-22-9-7-21(8-10-22,13-20(22,4)29)25-17(27)12-30-14-5-6-15(23)16(24)11-14/h5-6,11,29H,7-10,12-13H2,1-4H3,(H,25,27)(H,26,28). The summed E-state index contributed by atoms with van der Waals surface area (Å²) in [7, 11) is 0. The summed E-state index contributed by atoms with van der Waals surface area (Å²) in [6.45, 7) is 6.74. The number of aliphatic hydroxyl groups is 1. The monoisotopic (exact) mass is 456 g/mol. The number of halogens is 2. The van der Waals surface area contributed by atoms with Gasteiger partial charge < -0.3 is 25.2 Å². The number of carbonyl (C=O) groups excluding carboxylic acids is 2. The van der Waals surface area contributed by atoms with Crippen molar-refractivity contribution in [1.29, 1.82) is 0 Å². The molecule has 3 N–H and O–H groups in total. The minimum Gasteiger partial charge on any atom is -0.484 e. The van der Waals surface area contributed by atoms with Gasteiger partial charge in [0.05, 0.1) is 16.2 Å². The van der Waals surface area contributed by atoms with E-state index in [0.717, 1.165) is 6.07 Å². The molecule has 0 spiro atoms. The average Bonchev–Trinajstić information content (AvgIpc) is 2.62. The molecule has 0 heterocycles. The summed E-state index contributed by atoms with van der Waals surface area (Å²) < 4.78 is 24.3. The second-order valence-corrected chi connectivity index (χ2v) is 10.3. The highest BCUT2D eigenvalue weighted by atomic mass is 35.5. The number of hydrogen-bond acceptors (Lipinski definition) is 5. The van der Waals surface area contributed by atoms with Crippen molar-refractivity contribution in [3.05, 3.63) is 29.0 Å². The summed E-state index contributed by atoms with van der Waals surface area (Å²) in [5.74, 6) is -0.780. The van der Waals surface area contributed by atoms with Crippen LogP contribution in [0.5, 0.6) is 5.75 Å². The first-order chi connectivity index (χ1) is 14.2. The molecule has 3 aliphatic carbocycles. The van der Waals surface area contributed by atoms with Crippen molar-refractivity contribution in [2.24, 2.45) is 0 Å². The molecule has 2 bridgehead atoms. The predicted molar refractivity (Wildman–Crippen MR) is 114 cm³/mol. The second-order valence-electron chi connectivity index (χ2n) is 9.85. The lowest BCUT2D eigenvalue weighted by molar-refractivity contribution is -0.144. The lowest BCUT2D eigenvalue weighted by atomic mass is 9.54. The molecule has 0 aromatic heterocycles. The van der Waals surface area contributed by atoms with Crippen molar-refractivity contribution in [3.8, 4) is 5.75 Å². The summed E-state index contributed by atoms with van der Waals surface area (Å²) in [5, 5.41) is 17.1. The molecule has 0 aliphatic heterocycles. The molecule has 7 nitrogen and oxygen atoms in total. The smallest absolute Gasteiger partial charge is 0.408 e. The SMILES string of the molecule is CC(C)(C)OC(=O)NC12CCC(NC(=O)COc3ccc(Cl)c(F)c3)(CC1)CC2(C)O. The molecule has 1 atom stereocenters. The summed E-state index contributed by atoms with van der Waals surface area (Å²) in [6.07, 6.45) is 1.93. The van der Waals surface area contributed by atoms with Crippen LogP contribution in [0.1, 0.15) is 59.8 Å². The van der Waals surface area contributed by atoms with Gasteiger partial charge in [-0.15, -0.1) is 0 Å². The third-order valence-electron chi connectivity index (χ3n) is 6.18. The maximum absolute atomic E-state index is 13.5. The first-order valence-corrected chi connectivity index (χ1v) is 10.8. The molecule has 4 rings (SSSR count). The topological polar surface area (TPSA) is 96.9 Å². The third kappa shape index (κ3) is 5.23. The predicted octanol–water partition coefficient (Wildman–Crippen LogP) is 3.71. The van der Waals surface area contributed by atoms with Gasteiger partial charge in [-0.25, -0.2) is 9.18 Å². The van der Waals surface area contributed by atoms with Crippen LogP contribution in [-0.2, 0) is 9.53 Å². The van der Waals surface area contributed by atoms with Crippen molar-refractivity contribution in [1.82, 2.24) is 10.6 Å². The molecule has 1 unspecified atom stereocenters. The van der Waals surface area contributed by atoms with E-state index in [1.165, 1.54) is 12.1 Å². The Balaban J connectivity index is 1.60. The van der Waals surface area contributed by atoms with Gasteiger partial charge in [0, 0.05) is 18.0 Å². The highest BCUT2D eigenvalue weighted by Gasteiger charge is 2.61. The van der Waals surface area contributed by atoms with Crippen molar-refractivity contribution in [2.45, 2.75) is 82.1 Å². The molecule has 2 amide bonds. The lowest BCUT2D eigenvalue weighted by Crippen LogP contribution is -2.75. The molecular formula is C22H30ClFN2O5. The van der Waals surface area contributed by atoms with Crippen LogP contribution in [0.15, 0.2) is 18.2 Å². The Labute approximate surface area is 186 Å². The summed E-state index contributed by atoms with van der Waals surface area (Å²) in [6, 6.07) is 3.97. The second kappa shape index (κ2) is 8.13. The van der Waals surface area contributed by atoms with Crippen LogP contribution in [0, 0.1) is 5.82 Å². The molecule has 1 aromatic rings. The molecule has 31 heavy (non-hydrogen) atoms. The van der Waals surface area contributed by atoms with Crippen molar-refractivity contribution in [3.63, 3.8) is 0 Å². The number of hydrogen-bond donors (Lipinski definition) is 3. The fraction of sp³-hybridized carbons (Fsp3) is 0.636. The first kappa shape index (κ1) is 23.6. The minimum absolute atomic E-state index is 0.0224. The number of rotatable bonds is 5. The van der Waals surface area contributed by atoms with Crippen LogP contribution in [0.3, 0.4) is 0 Å². The van der Waals surface area contributed by atoms with E-state index in [1.807, 2.05) is 0 Å². The van der Waals surface area contributed by atoms with Gasteiger partial charge in [-0.2, -0.15) is 0 Å². The number of carbonyl (C=O) groups is 2. The molecule has 9 heteroatoms. The van der Waals surface area contributed by atoms with E-state index in [9.17, 15) is 19.1 Å².